The average Bonchev–Trinajstić information content (AvgIpc) is 2.38. The molecule has 0 amide bonds. The normalized spacial score (nSPS) is 26.7. The van der Waals surface area contributed by atoms with Gasteiger partial charge in [-0.2, -0.15) is 0 Å². The summed E-state index contributed by atoms with van der Waals surface area (Å²) in [7, 11) is 0.517. The Morgan fingerprint density at radius 3 is 2.28 bits per heavy atom. The lowest BCUT2D eigenvalue weighted by Crippen LogP contribution is -2.44. The number of carbonyl (C=O) groups excluding carboxylic acids is 1. The van der Waals surface area contributed by atoms with E-state index >= 15 is 0 Å². The van der Waals surface area contributed by atoms with Gasteiger partial charge in [0, 0.05) is 23.2 Å². The lowest BCUT2D eigenvalue weighted by molar-refractivity contribution is -0.145. The van der Waals surface area contributed by atoms with E-state index in [-0.39, 0.29) is 17.3 Å². The summed E-state index contributed by atoms with van der Waals surface area (Å²) in [6.07, 6.45) is 3.84. The molecule has 18 heavy (non-hydrogen) atoms. The first kappa shape index (κ1) is 15.6. The van der Waals surface area contributed by atoms with E-state index in [1.807, 2.05) is 0 Å². The molecule has 0 radical (unpaired) electrons. The van der Waals surface area contributed by atoms with Gasteiger partial charge < -0.3 is 9.47 Å². The molecule has 0 aromatic carbocycles. The van der Waals surface area contributed by atoms with Gasteiger partial charge in [0.05, 0.1) is 12.7 Å². The fourth-order valence-corrected chi connectivity index (χ4v) is 4.04. The van der Waals surface area contributed by atoms with Gasteiger partial charge in [0.25, 0.3) is 0 Å². The van der Waals surface area contributed by atoms with Crippen LogP contribution in [0.3, 0.4) is 0 Å². The van der Waals surface area contributed by atoms with Crippen LogP contribution in [0.4, 0.5) is 0 Å². The lowest BCUT2D eigenvalue weighted by Gasteiger charge is -2.32. The number of esters is 1. The molecule has 1 atom stereocenters. The summed E-state index contributed by atoms with van der Waals surface area (Å²) in [6, 6.07) is 0. The second-order valence-electron chi connectivity index (χ2n) is 5.16. The molecule has 0 N–H and O–H groups in total. The van der Waals surface area contributed by atoms with E-state index in [1.165, 1.54) is 0 Å². The van der Waals surface area contributed by atoms with Gasteiger partial charge in [0.1, 0.15) is 4.75 Å². The summed E-state index contributed by atoms with van der Waals surface area (Å²) in [5.41, 5.74) is 0. The van der Waals surface area contributed by atoms with E-state index < -0.39 is 15.5 Å². The third-order valence-electron chi connectivity index (χ3n) is 3.53. The van der Waals surface area contributed by atoms with Gasteiger partial charge >= 0.3 is 5.97 Å². The van der Waals surface area contributed by atoms with Crippen LogP contribution in [-0.2, 0) is 25.1 Å². The van der Waals surface area contributed by atoms with Gasteiger partial charge in [-0.05, 0) is 46.5 Å². The maximum Gasteiger partial charge on any atom is 0.324 e. The molecule has 0 aliphatic heterocycles. The molecule has 0 bridgehead atoms. The van der Waals surface area contributed by atoms with E-state index in [2.05, 4.69) is 0 Å². The Balaban J connectivity index is 2.61. The van der Waals surface area contributed by atoms with Crippen LogP contribution in [-0.4, -0.2) is 40.0 Å². The van der Waals surface area contributed by atoms with Crippen molar-refractivity contribution in [3.8, 4) is 0 Å². The fraction of sp³-hybridized carbons (Fsp3) is 0.923. The molecule has 1 aliphatic carbocycles. The molecule has 0 aromatic rings. The highest BCUT2D eigenvalue weighted by molar-refractivity contribution is 7.87. The van der Waals surface area contributed by atoms with Gasteiger partial charge in [-0.1, -0.05) is 0 Å². The summed E-state index contributed by atoms with van der Waals surface area (Å²) in [5, 5.41) is 0.0795. The van der Waals surface area contributed by atoms with Gasteiger partial charge in [0.15, 0.2) is 0 Å². The highest BCUT2D eigenvalue weighted by Crippen LogP contribution is 2.30. The number of ether oxygens (including phenoxy) is 2. The summed E-state index contributed by atoms with van der Waals surface area (Å²) < 4.78 is 21.9. The molecule has 1 fully saturated rings. The number of hydrogen-bond acceptors (Lipinski definition) is 4. The zero-order chi connectivity index (χ0) is 13.8. The van der Waals surface area contributed by atoms with Crippen LogP contribution in [0.5, 0.6) is 0 Å². The van der Waals surface area contributed by atoms with E-state index in [0.717, 1.165) is 25.7 Å². The molecular weight excluding hydrogens is 252 g/mol. The van der Waals surface area contributed by atoms with Crippen molar-refractivity contribution in [1.29, 1.82) is 0 Å². The van der Waals surface area contributed by atoms with Crippen molar-refractivity contribution in [2.24, 2.45) is 0 Å². The molecule has 0 aromatic heterocycles. The maximum atomic E-state index is 12.5. The van der Waals surface area contributed by atoms with Crippen molar-refractivity contribution in [1.82, 2.24) is 0 Å². The molecule has 1 aliphatic rings. The Bertz CT molecular complexity index is 306. The average molecular weight is 276 g/mol. The Hall–Kier alpha value is -0.420. The second kappa shape index (κ2) is 6.66. The number of hydrogen-bond donors (Lipinski definition) is 0. The third kappa shape index (κ3) is 3.54. The molecule has 4 nitrogen and oxygen atoms in total. The van der Waals surface area contributed by atoms with Crippen molar-refractivity contribution in [2.75, 3.05) is 13.7 Å². The first-order chi connectivity index (χ1) is 8.43. The van der Waals surface area contributed by atoms with Crippen molar-refractivity contribution in [2.45, 2.75) is 62.6 Å². The Morgan fingerprint density at radius 2 is 1.83 bits per heavy atom. The minimum Gasteiger partial charge on any atom is -0.465 e. The minimum atomic E-state index is -1.20. The van der Waals surface area contributed by atoms with Crippen LogP contribution in [0, 0.1) is 0 Å². The topological polar surface area (TPSA) is 52.6 Å². The zero-order valence-corrected chi connectivity index (χ0v) is 12.5. The molecule has 1 unspecified atom stereocenters. The Kier molecular flexibility index (Phi) is 5.79. The Labute approximate surface area is 112 Å². The van der Waals surface area contributed by atoms with E-state index in [1.54, 1.807) is 27.9 Å². The third-order valence-corrected chi connectivity index (χ3v) is 5.78. The zero-order valence-electron chi connectivity index (χ0n) is 11.7. The quantitative estimate of drug-likeness (QED) is 0.721. The van der Waals surface area contributed by atoms with Gasteiger partial charge in [-0.25, -0.2) is 0 Å². The molecular formula is C13H24O4S. The highest BCUT2D eigenvalue weighted by atomic mass is 32.2. The van der Waals surface area contributed by atoms with E-state index in [9.17, 15) is 9.00 Å². The van der Waals surface area contributed by atoms with Crippen LogP contribution in [0.25, 0.3) is 0 Å². The molecule has 1 rings (SSSR count). The van der Waals surface area contributed by atoms with Crippen molar-refractivity contribution in [3.63, 3.8) is 0 Å². The molecule has 0 heterocycles. The van der Waals surface area contributed by atoms with Crippen molar-refractivity contribution >= 4 is 16.8 Å². The fourth-order valence-electron chi connectivity index (χ4n) is 2.29. The number of methoxy groups -OCH3 is 1. The van der Waals surface area contributed by atoms with Crippen LogP contribution < -0.4 is 0 Å². The standard InChI is InChI=1S/C13H24O4S/c1-5-17-12(14)13(2,3)18(15)11-8-6-10(16-4)7-9-11/h10-11H,5-9H2,1-4H3. The summed E-state index contributed by atoms with van der Waals surface area (Å²) in [6.45, 7) is 5.52. The molecule has 0 saturated heterocycles. The first-order valence-corrected chi connectivity index (χ1v) is 7.75. The SMILES string of the molecule is CCOC(=O)C(C)(C)S(=O)C1CCC(OC)CC1. The van der Waals surface area contributed by atoms with Crippen LogP contribution >= 0.6 is 0 Å². The number of rotatable bonds is 5. The van der Waals surface area contributed by atoms with Crippen molar-refractivity contribution in [3.05, 3.63) is 0 Å². The predicted molar refractivity (Wildman–Crippen MR) is 71.9 cm³/mol. The molecule has 1 saturated carbocycles. The van der Waals surface area contributed by atoms with Gasteiger partial charge in [-0.3, -0.25) is 9.00 Å². The summed E-state index contributed by atoms with van der Waals surface area (Å²) in [4.78, 5) is 11.8. The van der Waals surface area contributed by atoms with Crippen LogP contribution in [0.15, 0.2) is 0 Å². The second-order valence-corrected chi connectivity index (χ2v) is 7.44. The van der Waals surface area contributed by atoms with Crippen LogP contribution in [0.2, 0.25) is 0 Å². The highest BCUT2D eigenvalue weighted by Gasteiger charge is 2.41. The van der Waals surface area contributed by atoms with Gasteiger partial charge in [0.2, 0.25) is 0 Å². The molecule has 5 heteroatoms. The minimum absolute atomic E-state index is 0.0795. The lowest BCUT2D eigenvalue weighted by atomic mass is 9.97. The summed E-state index contributed by atoms with van der Waals surface area (Å²) >= 11 is 0. The largest absolute Gasteiger partial charge is 0.465 e. The monoisotopic (exact) mass is 276 g/mol. The van der Waals surface area contributed by atoms with Gasteiger partial charge in [-0.15, -0.1) is 0 Å². The van der Waals surface area contributed by atoms with Crippen LogP contribution in [0.1, 0.15) is 46.5 Å². The summed E-state index contributed by atoms with van der Waals surface area (Å²) in [5.74, 6) is -0.364. The first-order valence-electron chi connectivity index (χ1n) is 6.54. The molecule has 0 spiro atoms. The van der Waals surface area contributed by atoms with E-state index in [4.69, 9.17) is 9.47 Å². The maximum absolute atomic E-state index is 12.5. The van der Waals surface area contributed by atoms with E-state index in [0.29, 0.717) is 6.61 Å². The number of carbonyl (C=O) groups is 1. The Morgan fingerprint density at radius 1 is 1.28 bits per heavy atom. The smallest absolute Gasteiger partial charge is 0.324 e. The predicted octanol–water partition coefficient (Wildman–Crippen LogP) is 2.03. The van der Waals surface area contributed by atoms with Crippen molar-refractivity contribution < 1.29 is 18.5 Å². The molecule has 106 valence electrons.